The van der Waals surface area contributed by atoms with E-state index in [1.807, 2.05) is 13.8 Å². The van der Waals surface area contributed by atoms with E-state index in [0.29, 0.717) is 18.9 Å². The lowest BCUT2D eigenvalue weighted by Gasteiger charge is -2.30. The SMILES string of the molecule is CCC(CC)(COc1c(F)cc(F)cc1Br)CS(=O)(=O)Cl. The zero-order valence-corrected chi connectivity index (χ0v) is 14.8. The molecular formula is C13H16BrClF2O3S. The minimum Gasteiger partial charge on any atom is -0.489 e. The second-order valence-corrected chi connectivity index (χ2v) is 8.51. The molecule has 0 saturated heterocycles. The van der Waals surface area contributed by atoms with E-state index in [4.69, 9.17) is 15.4 Å². The molecule has 0 atom stereocenters. The Morgan fingerprint density at radius 1 is 1.29 bits per heavy atom. The second kappa shape index (κ2) is 7.24. The fraction of sp³-hybridized carbons (Fsp3) is 0.538. The Balaban J connectivity index is 2.98. The number of rotatable bonds is 7. The van der Waals surface area contributed by atoms with Gasteiger partial charge in [0.05, 0.1) is 16.8 Å². The Morgan fingerprint density at radius 2 is 1.86 bits per heavy atom. The van der Waals surface area contributed by atoms with E-state index in [2.05, 4.69) is 15.9 Å². The van der Waals surface area contributed by atoms with Gasteiger partial charge in [0.1, 0.15) is 5.82 Å². The predicted octanol–water partition coefficient (Wildman–Crippen LogP) is 4.48. The first-order valence-electron chi connectivity index (χ1n) is 6.32. The van der Waals surface area contributed by atoms with Gasteiger partial charge in [-0.05, 0) is 34.8 Å². The van der Waals surface area contributed by atoms with Crippen LogP contribution in [0.4, 0.5) is 8.78 Å². The molecule has 0 spiro atoms. The number of hydrogen-bond donors (Lipinski definition) is 0. The van der Waals surface area contributed by atoms with Crippen LogP contribution in [-0.4, -0.2) is 20.8 Å². The lowest BCUT2D eigenvalue weighted by atomic mass is 9.85. The van der Waals surface area contributed by atoms with Gasteiger partial charge >= 0.3 is 0 Å². The number of ether oxygens (including phenoxy) is 1. The van der Waals surface area contributed by atoms with Crippen molar-refractivity contribution in [1.82, 2.24) is 0 Å². The molecule has 8 heteroatoms. The van der Waals surface area contributed by atoms with Crippen LogP contribution in [0.1, 0.15) is 26.7 Å². The van der Waals surface area contributed by atoms with Crippen molar-refractivity contribution >= 4 is 35.7 Å². The van der Waals surface area contributed by atoms with Gasteiger partial charge in [-0.2, -0.15) is 0 Å². The average Bonchev–Trinajstić information content (AvgIpc) is 2.34. The van der Waals surface area contributed by atoms with Gasteiger partial charge in [-0.3, -0.25) is 0 Å². The zero-order chi connectivity index (χ0) is 16.3. The molecule has 0 radical (unpaired) electrons. The van der Waals surface area contributed by atoms with E-state index < -0.39 is 26.1 Å². The first-order chi connectivity index (χ1) is 9.62. The van der Waals surface area contributed by atoms with Crippen molar-refractivity contribution in [3.05, 3.63) is 28.2 Å². The molecule has 0 amide bonds. The summed E-state index contributed by atoms with van der Waals surface area (Å²) in [6.45, 7) is 3.59. The van der Waals surface area contributed by atoms with Crippen LogP contribution in [0, 0.1) is 17.0 Å². The summed E-state index contributed by atoms with van der Waals surface area (Å²) in [5.41, 5.74) is -0.721. The molecular weight excluding hydrogens is 390 g/mol. The maximum Gasteiger partial charge on any atom is 0.233 e. The third-order valence-corrected chi connectivity index (χ3v) is 5.34. The normalized spacial score (nSPS) is 12.5. The third kappa shape index (κ3) is 5.38. The van der Waals surface area contributed by atoms with Crippen molar-refractivity contribution in [3.63, 3.8) is 0 Å². The zero-order valence-electron chi connectivity index (χ0n) is 11.6. The number of benzene rings is 1. The fourth-order valence-electron chi connectivity index (χ4n) is 1.96. The standard InChI is InChI=1S/C13H16BrClF2O3S/c1-3-13(4-2,8-21(15,18)19)7-20-12-10(14)5-9(16)6-11(12)17/h5-6H,3-4,7-8H2,1-2H3. The molecule has 0 heterocycles. The summed E-state index contributed by atoms with van der Waals surface area (Å²) < 4.78 is 54.9. The molecule has 0 aromatic heterocycles. The van der Waals surface area contributed by atoms with Gasteiger partial charge in [0.15, 0.2) is 11.6 Å². The van der Waals surface area contributed by atoms with Gasteiger partial charge in [-0.25, -0.2) is 17.2 Å². The topological polar surface area (TPSA) is 43.4 Å². The smallest absolute Gasteiger partial charge is 0.233 e. The lowest BCUT2D eigenvalue weighted by molar-refractivity contribution is 0.149. The van der Waals surface area contributed by atoms with Gasteiger partial charge in [0, 0.05) is 22.2 Å². The van der Waals surface area contributed by atoms with Gasteiger partial charge in [-0.15, -0.1) is 0 Å². The first-order valence-corrected chi connectivity index (χ1v) is 9.59. The van der Waals surface area contributed by atoms with E-state index in [1.165, 1.54) is 0 Å². The van der Waals surface area contributed by atoms with Crippen molar-refractivity contribution in [1.29, 1.82) is 0 Å². The highest BCUT2D eigenvalue weighted by Crippen LogP contribution is 2.34. The van der Waals surface area contributed by atoms with Crippen LogP contribution in [0.2, 0.25) is 0 Å². The van der Waals surface area contributed by atoms with E-state index in [0.717, 1.165) is 6.07 Å². The Labute approximate surface area is 136 Å². The number of hydrogen-bond acceptors (Lipinski definition) is 3. The van der Waals surface area contributed by atoms with Gasteiger partial charge in [0.25, 0.3) is 0 Å². The molecule has 0 aliphatic rings. The van der Waals surface area contributed by atoms with Crippen LogP contribution >= 0.6 is 26.6 Å². The highest BCUT2D eigenvalue weighted by atomic mass is 79.9. The van der Waals surface area contributed by atoms with E-state index in [9.17, 15) is 17.2 Å². The second-order valence-electron chi connectivity index (χ2n) is 4.88. The summed E-state index contributed by atoms with van der Waals surface area (Å²) in [7, 11) is 1.61. The first kappa shape index (κ1) is 18.6. The van der Waals surface area contributed by atoms with Crippen LogP contribution in [0.3, 0.4) is 0 Å². The van der Waals surface area contributed by atoms with Crippen molar-refractivity contribution in [3.8, 4) is 5.75 Å². The maximum absolute atomic E-state index is 13.7. The summed E-state index contributed by atoms with van der Waals surface area (Å²) >= 11 is 3.02. The quantitative estimate of drug-likeness (QED) is 0.628. The maximum atomic E-state index is 13.7. The van der Waals surface area contributed by atoms with Gasteiger partial charge in [0.2, 0.25) is 9.05 Å². The molecule has 21 heavy (non-hydrogen) atoms. The molecule has 3 nitrogen and oxygen atoms in total. The lowest BCUT2D eigenvalue weighted by Crippen LogP contribution is -2.34. The molecule has 0 bridgehead atoms. The molecule has 0 N–H and O–H groups in total. The number of halogens is 4. The Kier molecular flexibility index (Phi) is 6.43. The highest BCUT2D eigenvalue weighted by molar-refractivity contribution is 9.10. The monoisotopic (exact) mass is 404 g/mol. The molecule has 0 saturated carbocycles. The molecule has 120 valence electrons. The summed E-state index contributed by atoms with van der Waals surface area (Å²) in [5.74, 6) is -1.99. The summed E-state index contributed by atoms with van der Waals surface area (Å²) in [6, 6.07) is 1.79. The molecule has 1 aromatic rings. The van der Waals surface area contributed by atoms with Crippen molar-refractivity contribution < 1.29 is 21.9 Å². The largest absolute Gasteiger partial charge is 0.489 e. The van der Waals surface area contributed by atoms with Crippen molar-refractivity contribution in [2.75, 3.05) is 12.4 Å². The molecule has 0 aliphatic carbocycles. The summed E-state index contributed by atoms with van der Waals surface area (Å²) in [5, 5.41) is 0. The highest BCUT2D eigenvalue weighted by Gasteiger charge is 2.33. The van der Waals surface area contributed by atoms with Crippen LogP contribution in [0.15, 0.2) is 16.6 Å². The minimum atomic E-state index is -3.71. The van der Waals surface area contributed by atoms with Gasteiger partial charge < -0.3 is 4.74 Å². The van der Waals surface area contributed by atoms with Gasteiger partial charge in [-0.1, -0.05) is 13.8 Å². The summed E-state index contributed by atoms with van der Waals surface area (Å²) in [6.07, 6.45) is 0.992. The molecule has 0 unspecified atom stereocenters. The van der Waals surface area contributed by atoms with Crippen LogP contribution in [0.25, 0.3) is 0 Å². The predicted molar refractivity (Wildman–Crippen MR) is 82.2 cm³/mol. The Bertz CT molecular complexity index is 580. The van der Waals surface area contributed by atoms with Crippen LogP contribution in [-0.2, 0) is 9.05 Å². The Hall–Kier alpha value is -0.400. The molecule has 1 rings (SSSR count). The van der Waals surface area contributed by atoms with Crippen molar-refractivity contribution in [2.45, 2.75) is 26.7 Å². The fourth-order valence-corrected chi connectivity index (χ4v) is 4.40. The summed E-state index contributed by atoms with van der Waals surface area (Å²) in [4.78, 5) is 0. The molecule has 0 aliphatic heterocycles. The third-order valence-electron chi connectivity index (χ3n) is 3.46. The van der Waals surface area contributed by atoms with E-state index in [1.54, 1.807) is 0 Å². The molecule has 1 aromatic carbocycles. The van der Waals surface area contributed by atoms with Crippen molar-refractivity contribution in [2.24, 2.45) is 5.41 Å². The van der Waals surface area contributed by atoms with Crippen LogP contribution < -0.4 is 4.74 Å². The van der Waals surface area contributed by atoms with Crippen LogP contribution in [0.5, 0.6) is 5.75 Å². The van der Waals surface area contributed by atoms with E-state index in [-0.39, 0.29) is 22.6 Å². The minimum absolute atomic E-state index is 0.0346. The average molecular weight is 406 g/mol. The van der Waals surface area contributed by atoms with E-state index >= 15 is 0 Å². The molecule has 0 fully saturated rings. The Morgan fingerprint density at radius 3 is 2.29 bits per heavy atom.